The van der Waals surface area contributed by atoms with Crippen molar-refractivity contribution < 1.29 is 14.3 Å². The summed E-state index contributed by atoms with van der Waals surface area (Å²) in [5.41, 5.74) is 2.34. The number of hydrogen-bond donors (Lipinski definition) is 0. The molecule has 8 heteroatoms. The van der Waals surface area contributed by atoms with Crippen LogP contribution in [0.2, 0.25) is 10.0 Å². The lowest BCUT2D eigenvalue weighted by Crippen LogP contribution is -2.27. The Morgan fingerprint density at radius 1 is 1.06 bits per heavy atom. The van der Waals surface area contributed by atoms with Crippen molar-refractivity contribution in [3.63, 3.8) is 0 Å². The topological polar surface area (TPSA) is 38.8 Å². The van der Waals surface area contributed by atoms with E-state index in [2.05, 4.69) is 0 Å². The van der Waals surface area contributed by atoms with Gasteiger partial charge in [-0.3, -0.25) is 9.69 Å². The highest BCUT2D eigenvalue weighted by atomic mass is 35.5. The van der Waals surface area contributed by atoms with Crippen molar-refractivity contribution in [1.82, 2.24) is 0 Å². The Hall–Kier alpha value is -2.51. The molecule has 0 spiro atoms. The molecule has 4 nitrogen and oxygen atoms in total. The first kappa shape index (κ1) is 22.7. The Balaban J connectivity index is 1.47. The van der Waals surface area contributed by atoms with Gasteiger partial charge in [0.25, 0.3) is 5.91 Å². The predicted octanol–water partition coefficient (Wildman–Crippen LogP) is 6.99. The molecular formula is C24H17Cl2NO3S2. The first-order valence-electron chi connectivity index (χ1n) is 9.54. The van der Waals surface area contributed by atoms with Crippen LogP contribution < -0.4 is 14.4 Å². The van der Waals surface area contributed by atoms with E-state index >= 15 is 0 Å². The first-order valence-corrected chi connectivity index (χ1v) is 11.5. The molecule has 0 bridgehead atoms. The second-order valence-electron chi connectivity index (χ2n) is 6.78. The third-order valence-electron chi connectivity index (χ3n) is 4.71. The van der Waals surface area contributed by atoms with Crippen molar-refractivity contribution in [2.24, 2.45) is 0 Å². The number of carbonyl (C=O) groups excluding carboxylic acids is 1. The van der Waals surface area contributed by atoms with Gasteiger partial charge in [-0.2, -0.15) is 0 Å². The summed E-state index contributed by atoms with van der Waals surface area (Å²) in [6, 6.07) is 20.1. The second kappa shape index (κ2) is 9.96. The van der Waals surface area contributed by atoms with Crippen molar-refractivity contribution in [1.29, 1.82) is 0 Å². The molecular weight excluding hydrogens is 485 g/mol. The smallest absolute Gasteiger partial charge is 0.270 e. The fourth-order valence-electron chi connectivity index (χ4n) is 3.10. The minimum Gasteiger partial charge on any atom is -0.495 e. The van der Waals surface area contributed by atoms with Crippen LogP contribution in [0.15, 0.2) is 71.6 Å². The van der Waals surface area contributed by atoms with Crippen LogP contribution in [0.5, 0.6) is 11.5 Å². The van der Waals surface area contributed by atoms with Crippen molar-refractivity contribution in [2.45, 2.75) is 6.61 Å². The van der Waals surface area contributed by atoms with Crippen molar-refractivity contribution in [3.05, 3.63) is 92.8 Å². The Morgan fingerprint density at radius 2 is 1.81 bits per heavy atom. The Morgan fingerprint density at radius 3 is 2.53 bits per heavy atom. The number of thiocarbonyl (C=S) groups is 1. The van der Waals surface area contributed by atoms with Gasteiger partial charge in [-0.1, -0.05) is 77.5 Å². The Bertz CT molecular complexity index is 1210. The molecule has 0 saturated carbocycles. The minimum absolute atomic E-state index is 0.179. The highest BCUT2D eigenvalue weighted by Gasteiger charge is 2.34. The molecule has 1 aliphatic rings. The number of halogens is 2. The largest absolute Gasteiger partial charge is 0.495 e. The number of thioether (sulfide) groups is 1. The van der Waals surface area contributed by atoms with Gasteiger partial charge in [0.2, 0.25) is 0 Å². The lowest BCUT2D eigenvalue weighted by molar-refractivity contribution is -0.113. The van der Waals surface area contributed by atoms with Crippen molar-refractivity contribution >= 4 is 69.2 Å². The summed E-state index contributed by atoms with van der Waals surface area (Å²) in [6.07, 6.45) is 1.81. The molecule has 162 valence electrons. The molecule has 0 aromatic heterocycles. The number of nitrogens with zero attached hydrogens (tertiary/aromatic N) is 1. The van der Waals surface area contributed by atoms with Gasteiger partial charge in [-0.25, -0.2) is 0 Å². The van der Waals surface area contributed by atoms with Gasteiger partial charge in [0.15, 0.2) is 4.32 Å². The molecule has 0 unspecified atom stereocenters. The summed E-state index contributed by atoms with van der Waals surface area (Å²) in [5.74, 6) is 1.10. The van der Waals surface area contributed by atoms with E-state index in [1.165, 1.54) is 16.7 Å². The molecule has 0 atom stereocenters. The van der Waals surface area contributed by atoms with Crippen LogP contribution in [0, 0.1) is 0 Å². The number of ether oxygens (including phenoxy) is 2. The summed E-state index contributed by atoms with van der Waals surface area (Å²) in [6.45, 7) is 0.326. The average molecular weight is 502 g/mol. The molecule has 3 aromatic carbocycles. The van der Waals surface area contributed by atoms with Crippen LogP contribution >= 0.6 is 47.2 Å². The summed E-state index contributed by atoms with van der Waals surface area (Å²) in [4.78, 5) is 15.1. The highest BCUT2D eigenvalue weighted by Crippen LogP contribution is 2.39. The summed E-state index contributed by atoms with van der Waals surface area (Å²) < 4.78 is 11.7. The standard InChI is InChI=1S/C24H17Cl2NO3S2/c1-29-21-5-3-2-4-20(21)27-23(28)22(32-24(27)31)12-15-6-10-18(11-7-15)30-14-16-8-9-17(25)13-19(16)26/h2-13H,14H2,1H3/b22-12+. The van der Waals surface area contributed by atoms with Crippen LogP contribution in [0.1, 0.15) is 11.1 Å². The zero-order valence-corrected chi connectivity index (χ0v) is 20.0. The number of rotatable bonds is 6. The number of anilines is 1. The third-order valence-corrected chi connectivity index (χ3v) is 6.60. The maximum absolute atomic E-state index is 13.0. The van der Waals surface area contributed by atoms with Gasteiger partial charge < -0.3 is 9.47 Å². The van der Waals surface area contributed by atoms with E-state index in [-0.39, 0.29) is 5.91 Å². The maximum Gasteiger partial charge on any atom is 0.270 e. The van der Waals surface area contributed by atoms with Gasteiger partial charge in [-0.15, -0.1) is 0 Å². The van der Waals surface area contributed by atoms with Gasteiger partial charge in [-0.05, 0) is 48.0 Å². The van der Waals surface area contributed by atoms with E-state index in [0.717, 1.165) is 11.1 Å². The number of hydrogen-bond acceptors (Lipinski definition) is 5. The van der Waals surface area contributed by atoms with Crippen LogP contribution in [0.25, 0.3) is 6.08 Å². The van der Waals surface area contributed by atoms with Gasteiger partial charge in [0, 0.05) is 15.6 Å². The molecule has 0 radical (unpaired) electrons. The minimum atomic E-state index is -0.179. The zero-order valence-electron chi connectivity index (χ0n) is 16.9. The fourth-order valence-corrected chi connectivity index (χ4v) is 4.85. The SMILES string of the molecule is COc1ccccc1N1C(=O)/C(=C\c2ccc(OCc3ccc(Cl)cc3Cl)cc2)SC1=S. The lowest BCUT2D eigenvalue weighted by atomic mass is 10.2. The predicted molar refractivity (Wildman–Crippen MR) is 136 cm³/mol. The van der Waals surface area contributed by atoms with E-state index in [4.69, 9.17) is 44.9 Å². The monoisotopic (exact) mass is 501 g/mol. The molecule has 1 amide bonds. The molecule has 1 saturated heterocycles. The maximum atomic E-state index is 13.0. The van der Waals surface area contributed by atoms with Crippen LogP contribution in [0.4, 0.5) is 5.69 Å². The zero-order chi connectivity index (χ0) is 22.7. The van der Waals surface area contributed by atoms with Crippen molar-refractivity contribution in [3.8, 4) is 11.5 Å². The summed E-state index contributed by atoms with van der Waals surface area (Å²) in [7, 11) is 1.57. The number of para-hydroxylation sites is 2. The number of methoxy groups -OCH3 is 1. The lowest BCUT2D eigenvalue weighted by Gasteiger charge is -2.17. The van der Waals surface area contributed by atoms with Gasteiger partial charge in [0.1, 0.15) is 18.1 Å². The highest BCUT2D eigenvalue weighted by molar-refractivity contribution is 8.27. The molecule has 32 heavy (non-hydrogen) atoms. The van der Waals surface area contributed by atoms with E-state index in [1.54, 1.807) is 25.3 Å². The second-order valence-corrected chi connectivity index (χ2v) is 9.30. The van der Waals surface area contributed by atoms with Crippen LogP contribution in [0.3, 0.4) is 0 Å². The van der Waals surface area contributed by atoms with Crippen molar-refractivity contribution in [2.75, 3.05) is 12.0 Å². The van der Waals surface area contributed by atoms with E-state index < -0.39 is 0 Å². The molecule has 1 aliphatic heterocycles. The molecule has 0 N–H and O–H groups in total. The molecule has 1 fully saturated rings. The van der Waals surface area contributed by atoms with Crippen LogP contribution in [-0.2, 0) is 11.4 Å². The fraction of sp³-hybridized carbons (Fsp3) is 0.0833. The van der Waals surface area contributed by atoms with Gasteiger partial charge >= 0.3 is 0 Å². The summed E-state index contributed by atoms with van der Waals surface area (Å²) in [5, 5.41) is 1.14. The van der Waals surface area contributed by atoms with Crippen LogP contribution in [-0.4, -0.2) is 17.3 Å². The number of benzene rings is 3. The molecule has 4 rings (SSSR count). The van der Waals surface area contributed by atoms with E-state index in [0.29, 0.717) is 43.1 Å². The van der Waals surface area contributed by atoms with E-state index in [9.17, 15) is 4.79 Å². The molecule has 1 heterocycles. The number of amides is 1. The average Bonchev–Trinajstić information content (AvgIpc) is 3.06. The molecule has 0 aliphatic carbocycles. The van der Waals surface area contributed by atoms with Gasteiger partial charge in [0.05, 0.1) is 17.7 Å². The first-order chi connectivity index (χ1) is 15.5. The van der Waals surface area contributed by atoms with E-state index in [1.807, 2.05) is 54.6 Å². The molecule has 3 aromatic rings. The normalized spacial score (nSPS) is 14.8. The number of carbonyl (C=O) groups is 1. The Kier molecular flexibility index (Phi) is 7.06. The summed E-state index contributed by atoms with van der Waals surface area (Å²) >= 11 is 18.8. The quantitative estimate of drug-likeness (QED) is 0.269. The Labute approximate surface area is 205 Å². The third kappa shape index (κ3) is 4.94.